The van der Waals surface area contributed by atoms with Gasteiger partial charge < -0.3 is 9.47 Å². The topological polar surface area (TPSA) is 67.2 Å². The molecule has 0 aliphatic carbocycles. The lowest BCUT2D eigenvalue weighted by Gasteiger charge is -2.13. The van der Waals surface area contributed by atoms with Crippen molar-refractivity contribution in [2.75, 3.05) is 7.11 Å². The molecule has 0 spiro atoms. The highest BCUT2D eigenvalue weighted by atomic mass is 19.4. The van der Waals surface area contributed by atoms with Crippen LogP contribution in [0.3, 0.4) is 0 Å². The van der Waals surface area contributed by atoms with Crippen LogP contribution in [0.5, 0.6) is 17.2 Å². The number of hydrogen-bond donors (Lipinski definition) is 0. The third-order valence-electron chi connectivity index (χ3n) is 2.73. The van der Waals surface area contributed by atoms with Crippen molar-refractivity contribution in [1.82, 2.24) is 0 Å². The average Bonchev–Trinajstić information content (AvgIpc) is 2.48. The predicted molar refractivity (Wildman–Crippen MR) is 73.3 cm³/mol. The van der Waals surface area contributed by atoms with E-state index in [-0.39, 0.29) is 11.4 Å². The molecule has 0 unspecified atom stereocenters. The largest absolute Gasteiger partial charge is 0.493 e. The van der Waals surface area contributed by atoms with Gasteiger partial charge in [0.2, 0.25) is 0 Å². The maximum Gasteiger partial charge on any atom is 0.416 e. The zero-order chi connectivity index (χ0) is 16.2. The van der Waals surface area contributed by atoms with Crippen molar-refractivity contribution in [2.24, 2.45) is 5.11 Å². The molecule has 2 aromatic rings. The average molecular weight is 309 g/mol. The molecule has 0 radical (unpaired) electrons. The van der Waals surface area contributed by atoms with Gasteiger partial charge in [0.1, 0.15) is 5.75 Å². The van der Waals surface area contributed by atoms with Gasteiger partial charge in [-0.1, -0.05) is 17.2 Å². The molecule has 0 N–H and O–H groups in total. The van der Waals surface area contributed by atoms with Gasteiger partial charge in [-0.05, 0) is 35.9 Å². The molecule has 0 saturated carbocycles. The molecule has 22 heavy (non-hydrogen) atoms. The van der Waals surface area contributed by atoms with Gasteiger partial charge in [-0.15, -0.1) is 0 Å². The van der Waals surface area contributed by atoms with E-state index in [0.717, 1.165) is 18.2 Å². The predicted octanol–water partition coefficient (Wildman–Crippen LogP) is 5.45. The molecule has 2 aromatic carbocycles. The first kappa shape index (κ1) is 15.5. The van der Waals surface area contributed by atoms with Crippen LogP contribution in [0.1, 0.15) is 5.56 Å². The Labute approximate surface area is 123 Å². The SMILES string of the molecule is COc1ccccc1Oc1ccc(C(F)(F)F)cc1N=[N+]=[N-]. The van der Waals surface area contributed by atoms with E-state index >= 15 is 0 Å². The third kappa shape index (κ3) is 3.42. The lowest BCUT2D eigenvalue weighted by Crippen LogP contribution is -2.04. The van der Waals surface area contributed by atoms with Crippen LogP contribution in [-0.2, 0) is 6.18 Å². The quantitative estimate of drug-likeness (QED) is 0.428. The number of methoxy groups -OCH3 is 1. The van der Waals surface area contributed by atoms with Crippen molar-refractivity contribution in [2.45, 2.75) is 6.18 Å². The molecule has 0 bridgehead atoms. The lowest BCUT2D eigenvalue weighted by atomic mass is 10.2. The molecule has 0 heterocycles. The van der Waals surface area contributed by atoms with Crippen molar-refractivity contribution in [3.05, 3.63) is 58.5 Å². The van der Waals surface area contributed by atoms with E-state index in [4.69, 9.17) is 15.0 Å². The molecule has 0 aliphatic rings. The Kier molecular flexibility index (Phi) is 4.43. The normalized spacial score (nSPS) is 10.7. The second-order valence-electron chi connectivity index (χ2n) is 4.12. The number of rotatable bonds is 4. The van der Waals surface area contributed by atoms with Gasteiger partial charge in [0.05, 0.1) is 18.4 Å². The summed E-state index contributed by atoms with van der Waals surface area (Å²) < 4.78 is 48.7. The summed E-state index contributed by atoms with van der Waals surface area (Å²) in [5.41, 5.74) is 7.31. The first-order valence-electron chi connectivity index (χ1n) is 6.03. The van der Waals surface area contributed by atoms with Gasteiger partial charge in [-0.3, -0.25) is 0 Å². The maximum atomic E-state index is 12.7. The molecular formula is C14H10F3N3O2. The van der Waals surface area contributed by atoms with E-state index < -0.39 is 11.7 Å². The van der Waals surface area contributed by atoms with E-state index in [1.54, 1.807) is 24.3 Å². The molecule has 0 aromatic heterocycles. The number of nitrogens with zero attached hydrogens (tertiary/aromatic N) is 3. The van der Waals surface area contributed by atoms with Crippen LogP contribution in [0.25, 0.3) is 10.4 Å². The standard InChI is InChI=1S/C14H10F3N3O2/c1-21-12-4-2-3-5-13(12)22-11-7-6-9(14(15,16)17)8-10(11)19-20-18/h2-8H,1H3. The molecular weight excluding hydrogens is 299 g/mol. The highest BCUT2D eigenvalue weighted by Crippen LogP contribution is 2.40. The van der Waals surface area contributed by atoms with Gasteiger partial charge in [-0.2, -0.15) is 13.2 Å². The molecule has 0 amide bonds. The highest BCUT2D eigenvalue weighted by molar-refractivity contribution is 5.56. The zero-order valence-electron chi connectivity index (χ0n) is 11.3. The minimum atomic E-state index is -4.54. The van der Waals surface area contributed by atoms with Crippen molar-refractivity contribution < 1.29 is 22.6 Å². The highest BCUT2D eigenvalue weighted by Gasteiger charge is 2.31. The number of alkyl halides is 3. The van der Waals surface area contributed by atoms with Crippen LogP contribution < -0.4 is 9.47 Å². The summed E-state index contributed by atoms with van der Waals surface area (Å²) in [7, 11) is 1.43. The van der Waals surface area contributed by atoms with Crippen LogP contribution in [0.15, 0.2) is 47.6 Å². The Morgan fingerprint density at radius 3 is 2.32 bits per heavy atom. The number of hydrogen-bond acceptors (Lipinski definition) is 3. The third-order valence-corrected chi connectivity index (χ3v) is 2.73. The fraction of sp³-hybridized carbons (Fsp3) is 0.143. The van der Waals surface area contributed by atoms with Crippen LogP contribution >= 0.6 is 0 Å². The Hall–Kier alpha value is -2.86. The van der Waals surface area contributed by atoms with E-state index in [2.05, 4.69) is 10.0 Å². The Bertz CT molecular complexity index is 726. The zero-order valence-corrected chi connectivity index (χ0v) is 11.3. The van der Waals surface area contributed by atoms with E-state index in [1.165, 1.54) is 7.11 Å². The van der Waals surface area contributed by atoms with Crippen LogP contribution in [0.4, 0.5) is 18.9 Å². The Balaban J connectivity index is 2.44. The van der Waals surface area contributed by atoms with Crippen molar-refractivity contribution >= 4 is 5.69 Å². The van der Waals surface area contributed by atoms with Gasteiger partial charge in [0.25, 0.3) is 0 Å². The smallest absolute Gasteiger partial charge is 0.416 e. The number of benzene rings is 2. The summed E-state index contributed by atoms with van der Waals surface area (Å²) in [6.45, 7) is 0. The summed E-state index contributed by atoms with van der Waals surface area (Å²) in [5.74, 6) is 0.684. The molecule has 8 heteroatoms. The van der Waals surface area contributed by atoms with Crippen molar-refractivity contribution in [3.63, 3.8) is 0 Å². The number of ether oxygens (including phenoxy) is 2. The van der Waals surface area contributed by atoms with E-state index in [9.17, 15) is 13.2 Å². The maximum absolute atomic E-state index is 12.7. The van der Waals surface area contributed by atoms with E-state index in [1.807, 2.05) is 0 Å². The number of azide groups is 1. The van der Waals surface area contributed by atoms with Gasteiger partial charge in [0.15, 0.2) is 11.5 Å². The van der Waals surface area contributed by atoms with Crippen LogP contribution in [-0.4, -0.2) is 7.11 Å². The second-order valence-corrected chi connectivity index (χ2v) is 4.12. The molecule has 114 valence electrons. The van der Waals surface area contributed by atoms with Crippen LogP contribution in [0.2, 0.25) is 0 Å². The van der Waals surface area contributed by atoms with Gasteiger partial charge >= 0.3 is 6.18 Å². The summed E-state index contributed by atoms with van der Waals surface area (Å²) in [5, 5.41) is 3.25. The summed E-state index contributed by atoms with van der Waals surface area (Å²) in [6, 6.07) is 9.27. The minimum Gasteiger partial charge on any atom is -0.493 e. The molecule has 0 fully saturated rings. The molecule has 0 atom stereocenters. The van der Waals surface area contributed by atoms with E-state index in [0.29, 0.717) is 11.5 Å². The second kappa shape index (κ2) is 6.28. The molecule has 2 rings (SSSR count). The fourth-order valence-corrected chi connectivity index (χ4v) is 1.73. The Morgan fingerprint density at radius 2 is 1.73 bits per heavy atom. The van der Waals surface area contributed by atoms with Gasteiger partial charge in [-0.25, -0.2) is 0 Å². The molecule has 5 nitrogen and oxygen atoms in total. The Morgan fingerprint density at radius 1 is 1.05 bits per heavy atom. The summed E-state index contributed by atoms with van der Waals surface area (Å²) >= 11 is 0. The van der Waals surface area contributed by atoms with Crippen LogP contribution in [0, 0.1) is 0 Å². The summed E-state index contributed by atoms with van der Waals surface area (Å²) in [6.07, 6.45) is -4.54. The van der Waals surface area contributed by atoms with Crippen molar-refractivity contribution in [3.8, 4) is 17.2 Å². The summed E-state index contributed by atoms with van der Waals surface area (Å²) in [4.78, 5) is 2.52. The van der Waals surface area contributed by atoms with Crippen molar-refractivity contribution in [1.29, 1.82) is 0 Å². The molecule has 0 saturated heterocycles. The van der Waals surface area contributed by atoms with Gasteiger partial charge in [0, 0.05) is 4.91 Å². The first-order valence-corrected chi connectivity index (χ1v) is 6.03. The minimum absolute atomic E-state index is 0.00435. The lowest BCUT2D eigenvalue weighted by molar-refractivity contribution is -0.137. The first-order chi connectivity index (χ1) is 10.5. The number of para-hydroxylation sites is 2. The molecule has 0 aliphatic heterocycles. The monoisotopic (exact) mass is 309 g/mol. The number of halogens is 3. The fourth-order valence-electron chi connectivity index (χ4n) is 1.73.